The van der Waals surface area contributed by atoms with Gasteiger partial charge in [0.2, 0.25) is 5.91 Å². The topological polar surface area (TPSA) is 48.0 Å². The number of ether oxygens (including phenoxy) is 3. The summed E-state index contributed by atoms with van der Waals surface area (Å²) in [6, 6.07) is 19.3. The highest BCUT2D eigenvalue weighted by atomic mass is 79.9. The first-order chi connectivity index (χ1) is 15.0. The zero-order valence-corrected chi connectivity index (χ0v) is 19.3. The summed E-state index contributed by atoms with van der Waals surface area (Å²) < 4.78 is 17.6. The van der Waals surface area contributed by atoms with Gasteiger partial charge < -0.3 is 19.1 Å². The second kappa shape index (κ2) is 9.02. The predicted molar refractivity (Wildman–Crippen MR) is 124 cm³/mol. The van der Waals surface area contributed by atoms with Crippen LogP contribution in [-0.4, -0.2) is 26.7 Å². The molecule has 3 aromatic rings. The Morgan fingerprint density at radius 2 is 1.61 bits per heavy atom. The van der Waals surface area contributed by atoms with Gasteiger partial charge in [0.25, 0.3) is 0 Å². The van der Waals surface area contributed by atoms with Gasteiger partial charge in [0.15, 0.2) is 11.5 Å². The number of hydrogen-bond acceptors (Lipinski definition) is 4. The maximum atomic E-state index is 13.4. The Labute approximate surface area is 190 Å². The molecule has 3 aromatic carbocycles. The first-order valence-electron chi connectivity index (χ1n) is 10.1. The van der Waals surface area contributed by atoms with E-state index in [0.717, 1.165) is 32.6 Å². The van der Waals surface area contributed by atoms with E-state index < -0.39 is 0 Å². The molecule has 160 valence electrons. The molecular formula is C25H24BrNO4. The van der Waals surface area contributed by atoms with Crippen LogP contribution in [0.15, 0.2) is 65.1 Å². The Balaban J connectivity index is 1.89. The third-order valence-corrected chi connectivity index (χ3v) is 5.95. The summed E-state index contributed by atoms with van der Waals surface area (Å²) in [6.07, 6.45) is 0.291. The number of nitrogens with zero attached hydrogens (tertiary/aromatic N) is 1. The van der Waals surface area contributed by atoms with Crippen molar-refractivity contribution in [2.75, 3.05) is 25.7 Å². The van der Waals surface area contributed by atoms with Crippen molar-refractivity contribution in [2.45, 2.75) is 19.4 Å². The van der Waals surface area contributed by atoms with Gasteiger partial charge in [0, 0.05) is 10.2 Å². The van der Waals surface area contributed by atoms with Crippen LogP contribution in [0.1, 0.15) is 29.7 Å². The van der Waals surface area contributed by atoms with Crippen LogP contribution in [-0.2, 0) is 11.2 Å². The molecule has 0 bridgehead atoms. The Hall–Kier alpha value is -2.99. The highest BCUT2D eigenvalue weighted by Gasteiger charge is 2.36. The molecule has 4 rings (SSSR count). The number of fused-ring (bicyclic) bond motifs is 1. The number of carbonyl (C=O) groups is 1. The first kappa shape index (κ1) is 21.2. The molecule has 0 radical (unpaired) electrons. The number of carbonyl (C=O) groups excluding carboxylic acids is 1. The van der Waals surface area contributed by atoms with Crippen molar-refractivity contribution < 1.29 is 19.0 Å². The van der Waals surface area contributed by atoms with E-state index in [2.05, 4.69) is 15.9 Å². The van der Waals surface area contributed by atoms with Crippen LogP contribution in [0.25, 0.3) is 0 Å². The van der Waals surface area contributed by atoms with Gasteiger partial charge in [-0.15, -0.1) is 0 Å². The summed E-state index contributed by atoms with van der Waals surface area (Å²) in [4.78, 5) is 15.2. The summed E-state index contributed by atoms with van der Waals surface area (Å²) in [6.45, 7) is 2.56. The average molecular weight is 482 g/mol. The molecule has 0 N–H and O–H groups in total. The highest BCUT2D eigenvalue weighted by molar-refractivity contribution is 9.10. The minimum atomic E-state index is -0.298. The fourth-order valence-corrected chi connectivity index (χ4v) is 4.28. The standard InChI is InChI=1S/C25H24BrNO4/c1-4-31-20-11-5-16(6-12-20)25-21-15-23(30-3)22(29-2)13-17(21)14-24(28)27(25)19-9-7-18(26)8-10-19/h5-13,15,25H,4,14H2,1-3H3/t25-/m0/s1. The van der Waals surface area contributed by atoms with Crippen molar-refractivity contribution >= 4 is 27.5 Å². The summed E-state index contributed by atoms with van der Waals surface area (Å²) in [5, 5.41) is 0. The van der Waals surface area contributed by atoms with Crippen LogP contribution in [0.5, 0.6) is 17.2 Å². The normalized spacial score (nSPS) is 15.4. The van der Waals surface area contributed by atoms with Gasteiger partial charge in [0.1, 0.15) is 5.75 Å². The van der Waals surface area contributed by atoms with Crippen molar-refractivity contribution in [1.82, 2.24) is 0 Å². The zero-order valence-electron chi connectivity index (χ0n) is 17.7. The second-order valence-electron chi connectivity index (χ2n) is 7.23. The van der Waals surface area contributed by atoms with E-state index >= 15 is 0 Å². The van der Waals surface area contributed by atoms with Gasteiger partial charge in [-0.1, -0.05) is 28.1 Å². The lowest BCUT2D eigenvalue weighted by molar-refractivity contribution is -0.118. The minimum Gasteiger partial charge on any atom is -0.494 e. The van der Waals surface area contributed by atoms with Crippen molar-refractivity contribution in [2.24, 2.45) is 0 Å². The number of benzene rings is 3. The molecule has 0 saturated carbocycles. The molecule has 0 aromatic heterocycles. The van der Waals surface area contributed by atoms with Crippen molar-refractivity contribution in [3.63, 3.8) is 0 Å². The minimum absolute atomic E-state index is 0.0286. The molecule has 1 aliphatic heterocycles. The van der Waals surface area contributed by atoms with E-state index in [1.54, 1.807) is 14.2 Å². The van der Waals surface area contributed by atoms with Crippen LogP contribution in [0.3, 0.4) is 0 Å². The molecule has 0 aliphatic carbocycles. The number of amides is 1. The highest BCUT2D eigenvalue weighted by Crippen LogP contribution is 2.43. The zero-order chi connectivity index (χ0) is 22.0. The average Bonchev–Trinajstić information content (AvgIpc) is 2.79. The van der Waals surface area contributed by atoms with Crippen LogP contribution >= 0.6 is 15.9 Å². The third-order valence-electron chi connectivity index (χ3n) is 5.42. The molecule has 1 aliphatic rings. The summed E-state index contributed by atoms with van der Waals surface area (Å²) in [5.41, 5.74) is 3.79. The van der Waals surface area contributed by atoms with Crippen LogP contribution in [0, 0.1) is 0 Å². The molecule has 31 heavy (non-hydrogen) atoms. The first-order valence-corrected chi connectivity index (χ1v) is 10.9. The molecule has 1 amide bonds. The fraction of sp³-hybridized carbons (Fsp3) is 0.240. The monoisotopic (exact) mass is 481 g/mol. The maximum Gasteiger partial charge on any atom is 0.232 e. The SMILES string of the molecule is CCOc1ccc([C@H]2c3cc(OC)c(OC)cc3CC(=O)N2c2ccc(Br)cc2)cc1. The molecule has 0 unspecified atom stereocenters. The molecule has 0 saturated heterocycles. The van der Waals surface area contributed by atoms with E-state index in [4.69, 9.17) is 14.2 Å². The quantitative estimate of drug-likeness (QED) is 0.463. The summed E-state index contributed by atoms with van der Waals surface area (Å²) in [7, 11) is 3.23. The van der Waals surface area contributed by atoms with Crippen LogP contribution < -0.4 is 19.1 Å². The number of rotatable bonds is 6. The third kappa shape index (κ3) is 4.12. The molecule has 5 nitrogen and oxygen atoms in total. The lowest BCUT2D eigenvalue weighted by atomic mass is 9.86. The Bertz CT molecular complexity index is 1080. The predicted octanol–water partition coefficient (Wildman–Crippen LogP) is 5.54. The maximum absolute atomic E-state index is 13.4. The van der Waals surface area contributed by atoms with Gasteiger partial charge in [-0.2, -0.15) is 0 Å². The van der Waals surface area contributed by atoms with Crippen LogP contribution in [0.4, 0.5) is 5.69 Å². The van der Waals surface area contributed by atoms with E-state index in [0.29, 0.717) is 24.5 Å². The largest absolute Gasteiger partial charge is 0.494 e. The van der Waals surface area contributed by atoms with Gasteiger partial charge in [-0.05, 0) is 72.1 Å². The van der Waals surface area contributed by atoms with E-state index in [-0.39, 0.29) is 11.9 Å². The molecule has 0 fully saturated rings. The smallest absolute Gasteiger partial charge is 0.232 e. The Morgan fingerprint density at radius 3 is 2.23 bits per heavy atom. The van der Waals surface area contributed by atoms with E-state index in [9.17, 15) is 4.79 Å². The fourth-order valence-electron chi connectivity index (χ4n) is 4.01. The number of halogens is 1. The number of methoxy groups -OCH3 is 2. The molecule has 1 atom stereocenters. The summed E-state index contributed by atoms with van der Waals surface area (Å²) in [5.74, 6) is 2.09. The number of hydrogen-bond donors (Lipinski definition) is 0. The molecule has 0 spiro atoms. The van der Waals surface area contributed by atoms with Gasteiger partial charge in [-0.3, -0.25) is 4.79 Å². The lowest BCUT2D eigenvalue weighted by Gasteiger charge is -2.38. The molecule has 1 heterocycles. The lowest BCUT2D eigenvalue weighted by Crippen LogP contribution is -2.41. The van der Waals surface area contributed by atoms with Gasteiger partial charge in [-0.25, -0.2) is 0 Å². The molecular weight excluding hydrogens is 458 g/mol. The summed E-state index contributed by atoms with van der Waals surface area (Å²) >= 11 is 3.48. The van der Waals surface area contributed by atoms with Crippen molar-refractivity contribution in [1.29, 1.82) is 0 Å². The van der Waals surface area contributed by atoms with Gasteiger partial charge in [0.05, 0.1) is 33.3 Å². The Morgan fingerprint density at radius 1 is 0.968 bits per heavy atom. The second-order valence-corrected chi connectivity index (χ2v) is 8.14. The van der Waals surface area contributed by atoms with E-state index in [1.807, 2.05) is 72.5 Å². The van der Waals surface area contributed by atoms with Crippen molar-refractivity contribution in [3.8, 4) is 17.2 Å². The number of anilines is 1. The van der Waals surface area contributed by atoms with Gasteiger partial charge >= 0.3 is 0 Å². The van der Waals surface area contributed by atoms with Crippen LogP contribution in [0.2, 0.25) is 0 Å². The van der Waals surface area contributed by atoms with E-state index in [1.165, 1.54) is 0 Å². The molecule has 6 heteroatoms. The van der Waals surface area contributed by atoms with Crippen molar-refractivity contribution in [3.05, 3.63) is 81.8 Å². The Kier molecular flexibility index (Phi) is 6.18.